The number of hydrogen-bond donors (Lipinski definition) is 3. The van der Waals surface area contributed by atoms with E-state index in [4.69, 9.17) is 4.74 Å². The molecule has 0 saturated heterocycles. The Morgan fingerprint density at radius 2 is 1.79 bits per heavy atom. The smallest absolute Gasteiger partial charge is 0.269 e. The van der Waals surface area contributed by atoms with E-state index in [-0.39, 0.29) is 22.6 Å². The van der Waals surface area contributed by atoms with Crippen LogP contribution in [0.2, 0.25) is 0 Å². The van der Waals surface area contributed by atoms with Gasteiger partial charge in [-0.2, -0.15) is 0 Å². The molecule has 2 aromatic carbocycles. The predicted molar refractivity (Wildman–Crippen MR) is 125 cm³/mol. The average molecular weight is 480 g/mol. The molecule has 0 spiro atoms. The summed E-state index contributed by atoms with van der Waals surface area (Å²) in [4.78, 5) is 28.9. The van der Waals surface area contributed by atoms with E-state index in [0.717, 1.165) is 0 Å². The van der Waals surface area contributed by atoms with Gasteiger partial charge in [0.2, 0.25) is 5.91 Å². The summed E-state index contributed by atoms with van der Waals surface area (Å²) < 4.78 is 35.0. The molecule has 3 N–H and O–H groups in total. The highest BCUT2D eigenvalue weighted by Gasteiger charge is 2.18. The first-order chi connectivity index (χ1) is 16.4. The molecule has 0 bridgehead atoms. The minimum atomic E-state index is -3.99. The van der Waals surface area contributed by atoms with Crippen molar-refractivity contribution in [3.8, 4) is 5.75 Å². The van der Waals surface area contributed by atoms with Gasteiger partial charge in [-0.25, -0.2) is 13.4 Å². The number of amides is 2. The molecule has 34 heavy (non-hydrogen) atoms. The van der Waals surface area contributed by atoms with Gasteiger partial charge in [-0.1, -0.05) is 24.3 Å². The van der Waals surface area contributed by atoms with Crippen LogP contribution in [0.25, 0.3) is 5.65 Å². The number of fused-ring (bicyclic) bond motifs is 1. The number of methoxy groups -OCH3 is 1. The Labute approximate surface area is 195 Å². The molecular weight excluding hydrogens is 458 g/mol. The minimum Gasteiger partial charge on any atom is -0.495 e. The molecule has 10 nitrogen and oxygen atoms in total. The van der Waals surface area contributed by atoms with Crippen LogP contribution >= 0.6 is 0 Å². The fourth-order valence-corrected chi connectivity index (χ4v) is 4.33. The van der Waals surface area contributed by atoms with Crippen molar-refractivity contribution in [2.24, 2.45) is 0 Å². The maximum Gasteiger partial charge on any atom is 0.269 e. The number of carbonyl (C=O) groups excluding carboxylic acids is 2. The standard InChI is InChI=1S/C23H21N5O5S/c1-33-20-10-3-2-9-19(20)27-34(31,32)18-8-6-7-16(13-18)23(30)26-25-22(29)14-17-15-28-12-5-4-11-21(28)24-17/h2-13,15,27H,14H2,1H3,(H,25,29)(H,26,30). The van der Waals surface area contributed by atoms with Crippen molar-refractivity contribution < 1.29 is 22.7 Å². The number of para-hydroxylation sites is 2. The number of nitrogens with zero attached hydrogens (tertiary/aromatic N) is 2. The van der Waals surface area contributed by atoms with Crippen LogP contribution in [0, 0.1) is 0 Å². The van der Waals surface area contributed by atoms with Gasteiger partial charge >= 0.3 is 0 Å². The van der Waals surface area contributed by atoms with Gasteiger partial charge in [-0.15, -0.1) is 0 Å². The lowest BCUT2D eigenvalue weighted by Crippen LogP contribution is -2.42. The second-order valence-corrected chi connectivity index (χ2v) is 8.89. The monoisotopic (exact) mass is 479 g/mol. The third-order valence-electron chi connectivity index (χ3n) is 4.83. The summed E-state index contributed by atoms with van der Waals surface area (Å²) in [5, 5.41) is 0. The number of ether oxygens (including phenoxy) is 1. The van der Waals surface area contributed by atoms with Crippen LogP contribution in [0.4, 0.5) is 5.69 Å². The lowest BCUT2D eigenvalue weighted by atomic mass is 10.2. The van der Waals surface area contributed by atoms with Crippen molar-refractivity contribution in [3.05, 3.63) is 90.4 Å². The number of carbonyl (C=O) groups is 2. The number of pyridine rings is 1. The molecule has 2 amide bonds. The Bertz CT molecular complexity index is 1430. The maximum absolute atomic E-state index is 12.8. The largest absolute Gasteiger partial charge is 0.495 e. The number of imidazole rings is 1. The van der Waals surface area contributed by atoms with Gasteiger partial charge in [-0.05, 0) is 42.5 Å². The molecule has 4 rings (SSSR count). The molecule has 2 aromatic heterocycles. The van der Waals surface area contributed by atoms with E-state index in [0.29, 0.717) is 17.1 Å². The first kappa shape index (κ1) is 22.8. The predicted octanol–water partition coefficient (Wildman–Crippen LogP) is 2.15. The lowest BCUT2D eigenvalue weighted by Gasteiger charge is -2.12. The minimum absolute atomic E-state index is 0.0425. The van der Waals surface area contributed by atoms with E-state index in [2.05, 4.69) is 20.6 Å². The van der Waals surface area contributed by atoms with Crippen molar-refractivity contribution in [2.75, 3.05) is 11.8 Å². The summed E-state index contributed by atoms with van der Waals surface area (Å²) in [6.07, 6.45) is 3.49. The topological polar surface area (TPSA) is 131 Å². The van der Waals surface area contributed by atoms with Gasteiger partial charge in [-0.3, -0.25) is 25.2 Å². The van der Waals surface area contributed by atoms with Crippen molar-refractivity contribution in [1.29, 1.82) is 0 Å². The van der Waals surface area contributed by atoms with E-state index >= 15 is 0 Å². The van der Waals surface area contributed by atoms with Gasteiger partial charge in [0.1, 0.15) is 11.4 Å². The van der Waals surface area contributed by atoms with E-state index < -0.39 is 21.8 Å². The molecule has 0 radical (unpaired) electrons. The molecule has 0 atom stereocenters. The normalized spacial score (nSPS) is 11.1. The summed E-state index contributed by atoms with van der Waals surface area (Å²) >= 11 is 0. The molecule has 0 aliphatic heterocycles. The van der Waals surface area contributed by atoms with Gasteiger partial charge in [0.25, 0.3) is 15.9 Å². The zero-order valence-corrected chi connectivity index (χ0v) is 18.9. The number of hydrazine groups is 1. The summed E-state index contributed by atoms with van der Waals surface area (Å²) in [6, 6.07) is 17.5. The highest BCUT2D eigenvalue weighted by molar-refractivity contribution is 7.92. The number of hydrogen-bond acceptors (Lipinski definition) is 6. The lowest BCUT2D eigenvalue weighted by molar-refractivity contribution is -0.121. The highest BCUT2D eigenvalue weighted by Crippen LogP contribution is 2.26. The van der Waals surface area contributed by atoms with Crippen LogP contribution in [-0.2, 0) is 21.2 Å². The van der Waals surface area contributed by atoms with E-state index in [1.165, 1.54) is 31.4 Å². The number of benzene rings is 2. The first-order valence-corrected chi connectivity index (χ1v) is 11.6. The third kappa shape index (κ3) is 5.15. The maximum atomic E-state index is 12.8. The number of nitrogens with one attached hydrogen (secondary N) is 3. The van der Waals surface area contributed by atoms with Gasteiger partial charge in [0.05, 0.1) is 29.8 Å². The van der Waals surface area contributed by atoms with Crippen molar-refractivity contribution in [3.63, 3.8) is 0 Å². The van der Waals surface area contributed by atoms with Crippen LogP contribution < -0.4 is 20.3 Å². The number of sulfonamides is 1. The van der Waals surface area contributed by atoms with Crippen LogP contribution in [0.3, 0.4) is 0 Å². The Balaban J connectivity index is 1.40. The van der Waals surface area contributed by atoms with Crippen molar-refractivity contribution in [2.45, 2.75) is 11.3 Å². The molecule has 2 heterocycles. The average Bonchev–Trinajstić information content (AvgIpc) is 3.25. The quantitative estimate of drug-likeness (QED) is 0.348. The number of anilines is 1. The van der Waals surface area contributed by atoms with Crippen LogP contribution in [0.5, 0.6) is 5.75 Å². The fraction of sp³-hybridized carbons (Fsp3) is 0.0870. The first-order valence-electron chi connectivity index (χ1n) is 10.1. The number of rotatable bonds is 7. The zero-order valence-electron chi connectivity index (χ0n) is 18.1. The molecule has 11 heteroatoms. The Hall–Kier alpha value is -4.38. The van der Waals surface area contributed by atoms with Crippen LogP contribution in [0.1, 0.15) is 16.1 Å². The fourth-order valence-electron chi connectivity index (χ4n) is 3.22. The SMILES string of the molecule is COc1ccccc1NS(=O)(=O)c1cccc(C(=O)NNC(=O)Cc2cn3ccccc3n2)c1. The molecule has 0 saturated carbocycles. The molecule has 0 unspecified atom stereocenters. The molecule has 174 valence electrons. The highest BCUT2D eigenvalue weighted by atomic mass is 32.2. The molecule has 0 aliphatic rings. The Kier molecular flexibility index (Phi) is 6.46. The summed E-state index contributed by atoms with van der Waals surface area (Å²) in [6.45, 7) is 0. The summed E-state index contributed by atoms with van der Waals surface area (Å²) in [5.74, 6) is -0.788. The van der Waals surface area contributed by atoms with Crippen molar-refractivity contribution in [1.82, 2.24) is 20.2 Å². The summed E-state index contributed by atoms with van der Waals surface area (Å²) in [5.41, 5.74) is 6.16. The van der Waals surface area contributed by atoms with Crippen LogP contribution in [0.15, 0.2) is 84.0 Å². The van der Waals surface area contributed by atoms with Gasteiger partial charge in [0.15, 0.2) is 0 Å². The molecule has 4 aromatic rings. The van der Waals surface area contributed by atoms with Crippen molar-refractivity contribution >= 4 is 33.2 Å². The molecule has 0 aliphatic carbocycles. The second kappa shape index (κ2) is 9.63. The van der Waals surface area contributed by atoms with E-state index in [1.54, 1.807) is 34.9 Å². The molecule has 0 fully saturated rings. The Morgan fingerprint density at radius 1 is 1.00 bits per heavy atom. The Morgan fingerprint density at radius 3 is 2.59 bits per heavy atom. The second-order valence-electron chi connectivity index (χ2n) is 7.21. The van der Waals surface area contributed by atoms with Gasteiger partial charge < -0.3 is 9.14 Å². The number of aromatic nitrogens is 2. The van der Waals surface area contributed by atoms with Crippen LogP contribution in [-0.4, -0.2) is 36.7 Å². The van der Waals surface area contributed by atoms with Gasteiger partial charge in [0, 0.05) is 18.0 Å². The third-order valence-corrected chi connectivity index (χ3v) is 6.19. The van der Waals surface area contributed by atoms with E-state index in [1.807, 2.05) is 24.4 Å². The zero-order chi connectivity index (χ0) is 24.1. The van der Waals surface area contributed by atoms with E-state index in [9.17, 15) is 18.0 Å². The molecular formula is C23H21N5O5S. The summed E-state index contributed by atoms with van der Waals surface area (Å²) in [7, 11) is -2.56.